The van der Waals surface area contributed by atoms with Crippen LogP contribution < -0.4 is 4.74 Å². The minimum absolute atomic E-state index is 0.0821. The molecule has 0 saturated carbocycles. The summed E-state index contributed by atoms with van der Waals surface area (Å²) in [5.74, 6) is -0.381. The van der Waals surface area contributed by atoms with Crippen LogP contribution >= 0.6 is 11.3 Å². The van der Waals surface area contributed by atoms with Crippen LogP contribution in [-0.2, 0) is 16.1 Å². The van der Waals surface area contributed by atoms with Crippen molar-refractivity contribution in [1.82, 2.24) is 4.90 Å². The third-order valence-electron chi connectivity index (χ3n) is 3.38. The van der Waals surface area contributed by atoms with Crippen LogP contribution in [0.1, 0.15) is 22.2 Å². The number of nitro groups is 1. The molecule has 0 aliphatic heterocycles. The van der Waals surface area contributed by atoms with E-state index < -0.39 is 17.5 Å². The van der Waals surface area contributed by atoms with E-state index in [-0.39, 0.29) is 15.8 Å². The molecule has 26 heavy (non-hydrogen) atoms. The quantitative estimate of drug-likeness (QED) is 0.398. The van der Waals surface area contributed by atoms with Gasteiger partial charge in [-0.05, 0) is 30.7 Å². The van der Waals surface area contributed by atoms with Crippen LogP contribution in [0.5, 0.6) is 5.75 Å². The van der Waals surface area contributed by atoms with Crippen molar-refractivity contribution in [2.24, 2.45) is 0 Å². The van der Waals surface area contributed by atoms with Crippen molar-refractivity contribution >= 4 is 28.2 Å². The zero-order valence-corrected chi connectivity index (χ0v) is 15.2. The van der Waals surface area contributed by atoms with E-state index in [0.717, 1.165) is 11.3 Å². The number of hydrogen-bond acceptors (Lipinski definition) is 7. The van der Waals surface area contributed by atoms with Crippen LogP contribution in [0.4, 0.5) is 5.00 Å². The lowest BCUT2D eigenvalue weighted by atomic mass is 10.2. The Bertz CT molecular complexity index is 787. The van der Waals surface area contributed by atoms with Gasteiger partial charge in [-0.3, -0.25) is 14.9 Å². The molecule has 0 aliphatic carbocycles. The van der Waals surface area contributed by atoms with Gasteiger partial charge in [0, 0.05) is 19.7 Å². The highest BCUT2D eigenvalue weighted by molar-refractivity contribution is 7.17. The van der Waals surface area contributed by atoms with Crippen LogP contribution in [-0.4, -0.2) is 42.0 Å². The van der Waals surface area contributed by atoms with Crippen molar-refractivity contribution < 1.29 is 24.0 Å². The highest BCUT2D eigenvalue weighted by Gasteiger charge is 2.18. The van der Waals surface area contributed by atoms with Gasteiger partial charge >= 0.3 is 11.0 Å². The molecule has 0 radical (unpaired) electrons. The van der Waals surface area contributed by atoms with Crippen molar-refractivity contribution in [1.29, 1.82) is 0 Å². The first kappa shape index (κ1) is 19.4. The molecule has 0 N–H and O–H groups in total. The fraction of sp³-hybridized carbons (Fsp3) is 0.294. The number of ether oxygens (including phenoxy) is 2. The highest BCUT2D eigenvalue weighted by atomic mass is 32.1. The van der Waals surface area contributed by atoms with Gasteiger partial charge in [0.25, 0.3) is 5.91 Å². The largest absolute Gasteiger partial charge is 0.494 e. The lowest BCUT2D eigenvalue weighted by Gasteiger charge is -2.17. The van der Waals surface area contributed by atoms with E-state index in [1.165, 1.54) is 17.0 Å². The predicted octanol–water partition coefficient (Wildman–Crippen LogP) is 2.87. The number of likely N-dealkylation sites (N-methyl/N-ethyl adjacent to an activating group) is 1. The molecule has 1 aromatic carbocycles. The summed E-state index contributed by atoms with van der Waals surface area (Å²) in [7, 11) is 1.60. The number of benzene rings is 1. The molecule has 0 bridgehead atoms. The molecule has 1 heterocycles. The molecule has 0 unspecified atom stereocenters. The molecule has 0 atom stereocenters. The molecule has 0 aliphatic rings. The minimum Gasteiger partial charge on any atom is -0.494 e. The van der Waals surface area contributed by atoms with Gasteiger partial charge in [0.15, 0.2) is 6.61 Å². The molecular formula is C17H18N2O6S. The zero-order chi connectivity index (χ0) is 19.1. The number of rotatable bonds is 8. The standard InChI is InChI=1S/C17H18N2O6S/c1-3-24-13-6-4-12(5-7-13)10-18(2)15(20)11-25-17(21)14-8-9-16(26-14)19(22)23/h4-9H,3,10-11H2,1-2H3. The maximum Gasteiger partial charge on any atom is 0.349 e. The van der Waals surface area contributed by atoms with Crippen LogP contribution in [0.15, 0.2) is 36.4 Å². The fourth-order valence-electron chi connectivity index (χ4n) is 2.06. The van der Waals surface area contributed by atoms with E-state index in [1.807, 2.05) is 31.2 Å². The van der Waals surface area contributed by atoms with Gasteiger partial charge in [-0.1, -0.05) is 23.5 Å². The number of esters is 1. The third kappa shape index (κ3) is 5.28. The summed E-state index contributed by atoms with van der Waals surface area (Å²) in [6.07, 6.45) is 0. The van der Waals surface area contributed by atoms with E-state index in [9.17, 15) is 19.7 Å². The Hall–Kier alpha value is -2.94. The SMILES string of the molecule is CCOc1ccc(CN(C)C(=O)COC(=O)c2ccc([N+](=O)[O-])s2)cc1. The number of nitrogens with zero attached hydrogens (tertiary/aromatic N) is 2. The number of amides is 1. The molecule has 2 rings (SSSR count). The number of hydrogen-bond donors (Lipinski definition) is 0. The van der Waals surface area contributed by atoms with Crippen molar-refractivity contribution in [3.05, 3.63) is 57.0 Å². The summed E-state index contributed by atoms with van der Waals surface area (Å²) in [4.78, 5) is 35.5. The molecule has 2 aromatic rings. The summed E-state index contributed by atoms with van der Waals surface area (Å²) < 4.78 is 10.3. The average Bonchev–Trinajstić information content (AvgIpc) is 3.11. The number of carbonyl (C=O) groups excluding carboxylic acids is 2. The van der Waals surface area contributed by atoms with Gasteiger partial charge < -0.3 is 14.4 Å². The van der Waals surface area contributed by atoms with Crippen molar-refractivity contribution in [2.45, 2.75) is 13.5 Å². The summed E-state index contributed by atoms with van der Waals surface area (Å²) in [5, 5.41) is 10.5. The van der Waals surface area contributed by atoms with Gasteiger partial charge in [-0.25, -0.2) is 4.79 Å². The average molecular weight is 378 g/mol. The molecule has 9 heteroatoms. The van der Waals surface area contributed by atoms with Gasteiger partial charge in [-0.15, -0.1) is 0 Å². The lowest BCUT2D eigenvalue weighted by molar-refractivity contribution is -0.380. The van der Waals surface area contributed by atoms with Gasteiger partial charge in [0.1, 0.15) is 10.6 Å². The second-order valence-electron chi connectivity index (χ2n) is 5.30. The van der Waals surface area contributed by atoms with E-state index in [1.54, 1.807) is 7.05 Å². The molecular weight excluding hydrogens is 360 g/mol. The molecule has 1 aromatic heterocycles. The van der Waals surface area contributed by atoms with Crippen molar-refractivity contribution in [3.8, 4) is 5.75 Å². The Balaban J connectivity index is 1.84. The minimum atomic E-state index is -0.758. The first-order valence-electron chi connectivity index (χ1n) is 7.77. The Kier molecular flexibility index (Phi) is 6.67. The molecule has 8 nitrogen and oxygen atoms in total. The van der Waals surface area contributed by atoms with Crippen LogP contribution in [0.3, 0.4) is 0 Å². The van der Waals surface area contributed by atoms with E-state index >= 15 is 0 Å². The summed E-state index contributed by atoms with van der Waals surface area (Å²) in [6.45, 7) is 2.40. The summed E-state index contributed by atoms with van der Waals surface area (Å²) in [6, 6.07) is 9.87. The molecule has 138 valence electrons. The van der Waals surface area contributed by atoms with Gasteiger partial charge in [0.2, 0.25) is 0 Å². The van der Waals surface area contributed by atoms with Gasteiger partial charge in [0.05, 0.1) is 11.5 Å². The Morgan fingerprint density at radius 2 is 1.88 bits per heavy atom. The second-order valence-corrected chi connectivity index (χ2v) is 6.36. The monoisotopic (exact) mass is 378 g/mol. The first-order chi connectivity index (χ1) is 12.4. The lowest BCUT2D eigenvalue weighted by Crippen LogP contribution is -2.30. The molecule has 0 fully saturated rings. The smallest absolute Gasteiger partial charge is 0.349 e. The maximum absolute atomic E-state index is 12.1. The number of carbonyl (C=O) groups is 2. The van der Waals surface area contributed by atoms with Crippen LogP contribution in [0.25, 0.3) is 0 Å². The Morgan fingerprint density at radius 3 is 2.46 bits per heavy atom. The fourth-order valence-corrected chi connectivity index (χ4v) is 2.78. The summed E-state index contributed by atoms with van der Waals surface area (Å²) >= 11 is 0.707. The maximum atomic E-state index is 12.1. The van der Waals surface area contributed by atoms with Gasteiger partial charge in [-0.2, -0.15) is 0 Å². The van der Waals surface area contributed by atoms with Crippen LogP contribution in [0.2, 0.25) is 0 Å². The number of thiophene rings is 1. The Morgan fingerprint density at radius 1 is 1.19 bits per heavy atom. The second kappa shape index (κ2) is 8.95. The Labute approximate surface area is 154 Å². The summed E-state index contributed by atoms with van der Waals surface area (Å²) in [5.41, 5.74) is 0.907. The van der Waals surface area contributed by atoms with E-state index in [4.69, 9.17) is 9.47 Å². The zero-order valence-electron chi connectivity index (χ0n) is 14.3. The van der Waals surface area contributed by atoms with E-state index in [0.29, 0.717) is 24.5 Å². The van der Waals surface area contributed by atoms with Crippen molar-refractivity contribution in [3.63, 3.8) is 0 Å². The molecule has 1 amide bonds. The first-order valence-corrected chi connectivity index (χ1v) is 8.59. The highest BCUT2D eigenvalue weighted by Crippen LogP contribution is 2.24. The van der Waals surface area contributed by atoms with E-state index in [2.05, 4.69) is 0 Å². The third-order valence-corrected chi connectivity index (χ3v) is 4.40. The van der Waals surface area contributed by atoms with Crippen molar-refractivity contribution in [2.75, 3.05) is 20.3 Å². The predicted molar refractivity (Wildman–Crippen MR) is 95.3 cm³/mol. The normalized spacial score (nSPS) is 10.2. The molecule has 0 saturated heterocycles. The molecule has 0 spiro atoms. The topological polar surface area (TPSA) is 99.0 Å². The van der Waals surface area contributed by atoms with Crippen LogP contribution in [0, 0.1) is 10.1 Å².